The van der Waals surface area contributed by atoms with Crippen LogP contribution in [0.2, 0.25) is 0 Å². The van der Waals surface area contributed by atoms with Crippen molar-refractivity contribution < 1.29 is 14.1 Å². The number of nitrogens with zero attached hydrogens (tertiary/aromatic N) is 4. The lowest BCUT2D eigenvalue weighted by molar-refractivity contribution is -0.115. The first-order valence-corrected chi connectivity index (χ1v) is 10.4. The highest BCUT2D eigenvalue weighted by Crippen LogP contribution is 2.22. The minimum atomic E-state index is -0.158. The van der Waals surface area contributed by atoms with Gasteiger partial charge in [-0.2, -0.15) is 5.10 Å². The molecule has 0 saturated carbocycles. The van der Waals surface area contributed by atoms with Gasteiger partial charge >= 0.3 is 0 Å². The van der Waals surface area contributed by atoms with Gasteiger partial charge in [-0.1, -0.05) is 17.3 Å². The molecule has 1 aliphatic heterocycles. The molecule has 5 rings (SSSR count). The molecule has 1 amide bonds. The second-order valence-corrected chi connectivity index (χ2v) is 7.45. The lowest BCUT2D eigenvalue weighted by Gasteiger charge is -2.28. The number of ether oxygens (including phenoxy) is 1. The maximum Gasteiger partial charge on any atom is 0.230 e. The summed E-state index contributed by atoms with van der Waals surface area (Å²) in [4.78, 5) is 14.7. The number of rotatable bonds is 6. The van der Waals surface area contributed by atoms with Crippen molar-refractivity contribution in [3.63, 3.8) is 0 Å². The van der Waals surface area contributed by atoms with Crippen LogP contribution in [-0.2, 0) is 16.0 Å². The van der Waals surface area contributed by atoms with Gasteiger partial charge in [-0.15, -0.1) is 5.10 Å². The van der Waals surface area contributed by atoms with Crippen LogP contribution >= 0.6 is 0 Å². The first kappa shape index (κ1) is 20.0. The molecule has 3 heterocycles. The zero-order valence-corrected chi connectivity index (χ0v) is 17.3. The van der Waals surface area contributed by atoms with Crippen molar-refractivity contribution in [1.82, 2.24) is 15.4 Å². The van der Waals surface area contributed by atoms with E-state index in [1.807, 2.05) is 54.6 Å². The zero-order valence-electron chi connectivity index (χ0n) is 17.3. The van der Waals surface area contributed by atoms with Crippen LogP contribution in [-0.4, -0.2) is 47.6 Å². The summed E-state index contributed by atoms with van der Waals surface area (Å²) in [5.41, 5.74) is 3.84. The SMILES string of the molecule is O=C(Cc1noc2ccccc12)Nc1ccc(Nc2cc(N3CCOCC3)cnn2)cc1. The van der Waals surface area contributed by atoms with Crippen LogP contribution < -0.4 is 15.5 Å². The van der Waals surface area contributed by atoms with E-state index in [4.69, 9.17) is 9.26 Å². The number of morpholine rings is 1. The van der Waals surface area contributed by atoms with Crippen molar-refractivity contribution in [3.8, 4) is 0 Å². The normalized spacial score (nSPS) is 13.8. The summed E-state index contributed by atoms with van der Waals surface area (Å²) in [6, 6.07) is 16.9. The summed E-state index contributed by atoms with van der Waals surface area (Å²) in [5.74, 6) is 0.498. The molecule has 0 atom stereocenters. The van der Waals surface area contributed by atoms with Crippen molar-refractivity contribution in [3.05, 3.63) is 66.5 Å². The molecule has 0 bridgehead atoms. The average Bonchev–Trinajstić information content (AvgIpc) is 3.24. The second-order valence-electron chi connectivity index (χ2n) is 7.45. The van der Waals surface area contributed by atoms with E-state index in [-0.39, 0.29) is 12.3 Å². The Kier molecular flexibility index (Phi) is 5.63. The molecule has 0 unspecified atom stereocenters. The second kappa shape index (κ2) is 9.03. The van der Waals surface area contributed by atoms with Gasteiger partial charge in [0.25, 0.3) is 0 Å². The smallest absolute Gasteiger partial charge is 0.230 e. The molecule has 9 heteroatoms. The van der Waals surface area contributed by atoms with E-state index in [9.17, 15) is 4.79 Å². The van der Waals surface area contributed by atoms with Crippen molar-refractivity contribution >= 4 is 39.8 Å². The lowest BCUT2D eigenvalue weighted by atomic mass is 10.1. The number of hydrogen-bond donors (Lipinski definition) is 2. The Morgan fingerprint density at radius 1 is 1.03 bits per heavy atom. The fourth-order valence-electron chi connectivity index (χ4n) is 3.62. The van der Waals surface area contributed by atoms with E-state index in [1.165, 1.54) is 0 Å². The molecule has 2 aromatic heterocycles. The van der Waals surface area contributed by atoms with Gasteiger partial charge in [-0.25, -0.2) is 0 Å². The Bertz CT molecular complexity index is 1220. The minimum absolute atomic E-state index is 0.140. The van der Waals surface area contributed by atoms with E-state index >= 15 is 0 Å². The van der Waals surface area contributed by atoms with Crippen LogP contribution in [0.15, 0.2) is 65.3 Å². The van der Waals surface area contributed by atoms with Crippen molar-refractivity contribution in [2.45, 2.75) is 6.42 Å². The number of benzene rings is 2. The molecule has 1 saturated heterocycles. The Hall–Kier alpha value is -3.98. The summed E-state index contributed by atoms with van der Waals surface area (Å²) in [6.45, 7) is 3.10. The van der Waals surface area contributed by atoms with Crippen LogP contribution in [0.1, 0.15) is 5.69 Å². The number of amides is 1. The van der Waals surface area contributed by atoms with E-state index in [1.54, 1.807) is 6.20 Å². The number of para-hydroxylation sites is 1. The maximum absolute atomic E-state index is 12.4. The monoisotopic (exact) mass is 430 g/mol. The Morgan fingerprint density at radius 3 is 2.66 bits per heavy atom. The molecule has 162 valence electrons. The number of fused-ring (bicyclic) bond motifs is 1. The Balaban J connectivity index is 1.20. The lowest BCUT2D eigenvalue weighted by Crippen LogP contribution is -2.36. The van der Waals surface area contributed by atoms with Gasteiger partial charge in [0.1, 0.15) is 5.69 Å². The third-order valence-corrected chi connectivity index (χ3v) is 5.24. The fourth-order valence-corrected chi connectivity index (χ4v) is 3.62. The summed E-state index contributed by atoms with van der Waals surface area (Å²) >= 11 is 0. The third-order valence-electron chi connectivity index (χ3n) is 5.24. The molecule has 0 spiro atoms. The first-order chi connectivity index (χ1) is 15.7. The molecule has 32 heavy (non-hydrogen) atoms. The highest BCUT2D eigenvalue weighted by atomic mass is 16.5. The Morgan fingerprint density at radius 2 is 1.81 bits per heavy atom. The summed E-state index contributed by atoms with van der Waals surface area (Å²) in [6.07, 6.45) is 1.90. The number of hydrogen-bond acceptors (Lipinski definition) is 8. The van der Waals surface area contributed by atoms with Crippen LogP contribution in [0.3, 0.4) is 0 Å². The standard InChI is InChI=1S/C23H22N6O3/c30-23(14-20-19-3-1-2-4-21(19)32-28-20)26-17-7-5-16(6-8-17)25-22-13-18(15-24-27-22)29-9-11-31-12-10-29/h1-8,13,15H,9-12,14H2,(H,25,27)(H,26,30). The van der Waals surface area contributed by atoms with Crippen molar-refractivity contribution in [2.24, 2.45) is 0 Å². The van der Waals surface area contributed by atoms with E-state index < -0.39 is 0 Å². The fraction of sp³-hybridized carbons (Fsp3) is 0.217. The number of carbonyl (C=O) groups excluding carboxylic acids is 1. The van der Waals surface area contributed by atoms with Crippen molar-refractivity contribution in [1.29, 1.82) is 0 Å². The minimum Gasteiger partial charge on any atom is -0.378 e. The van der Waals surface area contributed by atoms with E-state index in [0.29, 0.717) is 36.0 Å². The third kappa shape index (κ3) is 4.52. The molecular formula is C23H22N6O3. The molecule has 9 nitrogen and oxygen atoms in total. The van der Waals surface area contributed by atoms with Gasteiger partial charge in [0, 0.05) is 35.9 Å². The van der Waals surface area contributed by atoms with Gasteiger partial charge in [-0.05, 0) is 36.4 Å². The van der Waals surface area contributed by atoms with Crippen LogP contribution in [0.5, 0.6) is 0 Å². The molecule has 1 aliphatic rings. The first-order valence-electron chi connectivity index (χ1n) is 10.4. The predicted molar refractivity (Wildman–Crippen MR) is 121 cm³/mol. The molecule has 0 aliphatic carbocycles. The largest absolute Gasteiger partial charge is 0.378 e. The van der Waals surface area contributed by atoms with Gasteiger partial charge in [0.15, 0.2) is 11.4 Å². The van der Waals surface area contributed by atoms with Gasteiger partial charge in [-0.3, -0.25) is 4.79 Å². The predicted octanol–water partition coefficient (Wildman–Crippen LogP) is 3.38. The van der Waals surface area contributed by atoms with Crippen LogP contribution in [0.25, 0.3) is 11.0 Å². The van der Waals surface area contributed by atoms with E-state index in [2.05, 4.69) is 30.9 Å². The van der Waals surface area contributed by atoms with Crippen molar-refractivity contribution in [2.75, 3.05) is 41.8 Å². The number of nitrogens with one attached hydrogen (secondary N) is 2. The van der Waals surface area contributed by atoms with Gasteiger partial charge in [0.2, 0.25) is 5.91 Å². The topological polar surface area (TPSA) is 105 Å². The highest BCUT2D eigenvalue weighted by molar-refractivity contribution is 5.94. The molecular weight excluding hydrogens is 408 g/mol. The van der Waals surface area contributed by atoms with Crippen LogP contribution in [0, 0.1) is 0 Å². The average molecular weight is 430 g/mol. The van der Waals surface area contributed by atoms with Gasteiger partial charge < -0.3 is 24.8 Å². The molecule has 2 aromatic carbocycles. The number of carbonyl (C=O) groups is 1. The Labute approximate surface area is 184 Å². The molecule has 2 N–H and O–H groups in total. The highest BCUT2D eigenvalue weighted by Gasteiger charge is 2.14. The summed E-state index contributed by atoms with van der Waals surface area (Å²) in [7, 11) is 0. The quantitative estimate of drug-likeness (QED) is 0.480. The maximum atomic E-state index is 12.4. The zero-order chi connectivity index (χ0) is 21.8. The molecule has 0 radical (unpaired) electrons. The number of anilines is 4. The summed E-state index contributed by atoms with van der Waals surface area (Å²) < 4.78 is 10.7. The molecule has 4 aromatic rings. The van der Waals surface area contributed by atoms with E-state index in [0.717, 1.165) is 29.9 Å². The summed E-state index contributed by atoms with van der Waals surface area (Å²) in [5, 5.41) is 19.3. The molecule has 1 fully saturated rings. The van der Waals surface area contributed by atoms with Gasteiger partial charge in [0.05, 0.1) is 31.5 Å². The number of aromatic nitrogens is 3. The van der Waals surface area contributed by atoms with Crippen LogP contribution in [0.4, 0.5) is 22.9 Å².